The van der Waals surface area contributed by atoms with Crippen molar-refractivity contribution in [2.75, 3.05) is 0 Å². The second-order valence-corrected chi connectivity index (χ2v) is 9.17. The number of rotatable bonds is 6. The predicted octanol–water partition coefficient (Wildman–Crippen LogP) is 8.96. The topological polar surface area (TPSA) is 0 Å². The second-order valence-electron chi connectivity index (χ2n) is 9.17. The average Bonchev–Trinajstić information content (AvgIpc) is 2.77. The first-order valence-electron chi connectivity index (χ1n) is 11.5. The highest BCUT2D eigenvalue weighted by atomic mass is 19.3. The van der Waals surface area contributed by atoms with Crippen molar-refractivity contribution in [1.82, 2.24) is 0 Å². The zero-order valence-corrected chi connectivity index (χ0v) is 18.0. The Balaban J connectivity index is 1.44. The largest absolute Gasteiger partial charge is 0.339 e. The van der Waals surface area contributed by atoms with Gasteiger partial charge in [0.05, 0.1) is 0 Å². The van der Waals surface area contributed by atoms with Gasteiger partial charge in [-0.2, -0.15) is 17.6 Å². The molecule has 0 N–H and O–H groups in total. The molecule has 2 aromatic carbocycles. The van der Waals surface area contributed by atoms with E-state index in [1.807, 2.05) is 12.1 Å². The maximum Gasteiger partial charge on any atom is 0.339 e. The van der Waals surface area contributed by atoms with Crippen molar-refractivity contribution >= 4 is 6.08 Å². The van der Waals surface area contributed by atoms with Gasteiger partial charge in [-0.3, -0.25) is 0 Å². The summed E-state index contributed by atoms with van der Waals surface area (Å²) in [6, 6.07) is 12.5. The van der Waals surface area contributed by atoms with E-state index in [1.165, 1.54) is 63.0 Å². The third kappa shape index (κ3) is 4.44. The van der Waals surface area contributed by atoms with Crippen LogP contribution in [0.5, 0.6) is 0 Å². The SMILES string of the molecule is CCCCCC1CCC(c2ccc(-c3ccc4c(c3)C=CC(F)(F)C4(F)F)cc2)CC1. The molecule has 2 aromatic rings. The summed E-state index contributed by atoms with van der Waals surface area (Å²) in [6.07, 6.45) is 11.8. The van der Waals surface area contributed by atoms with Gasteiger partial charge in [-0.15, -0.1) is 0 Å². The van der Waals surface area contributed by atoms with Crippen LogP contribution in [0, 0.1) is 5.92 Å². The molecule has 0 aliphatic heterocycles. The van der Waals surface area contributed by atoms with Gasteiger partial charge in [-0.1, -0.05) is 75.1 Å². The minimum atomic E-state index is -4.19. The Bertz CT molecular complexity index is 919. The van der Waals surface area contributed by atoms with Crippen LogP contribution in [0.25, 0.3) is 17.2 Å². The molecular weight excluding hydrogens is 400 g/mol. The number of benzene rings is 2. The van der Waals surface area contributed by atoms with E-state index in [1.54, 1.807) is 6.07 Å². The number of unbranched alkanes of at least 4 members (excludes halogenated alkanes) is 2. The predicted molar refractivity (Wildman–Crippen MR) is 119 cm³/mol. The molecule has 0 spiro atoms. The van der Waals surface area contributed by atoms with E-state index in [0.717, 1.165) is 29.2 Å². The maximum absolute atomic E-state index is 14.1. The van der Waals surface area contributed by atoms with Gasteiger partial charge >= 0.3 is 11.8 Å². The van der Waals surface area contributed by atoms with Crippen molar-refractivity contribution in [3.05, 3.63) is 65.2 Å². The number of allylic oxidation sites excluding steroid dienone is 1. The molecule has 0 unspecified atom stereocenters. The summed E-state index contributed by atoms with van der Waals surface area (Å²) in [5, 5.41) is 0. The second kappa shape index (κ2) is 8.80. The number of fused-ring (bicyclic) bond motifs is 1. The van der Waals surface area contributed by atoms with Gasteiger partial charge in [0.1, 0.15) is 0 Å². The molecule has 0 saturated heterocycles. The van der Waals surface area contributed by atoms with Crippen LogP contribution >= 0.6 is 0 Å². The van der Waals surface area contributed by atoms with Crippen molar-refractivity contribution in [3.8, 4) is 11.1 Å². The van der Waals surface area contributed by atoms with Crippen molar-refractivity contribution in [2.24, 2.45) is 5.92 Å². The molecule has 0 bridgehead atoms. The lowest BCUT2D eigenvalue weighted by Crippen LogP contribution is -2.38. The average molecular weight is 431 g/mol. The minimum absolute atomic E-state index is 0.152. The molecule has 0 aromatic heterocycles. The first-order chi connectivity index (χ1) is 14.8. The lowest BCUT2D eigenvalue weighted by Gasteiger charge is -2.29. The van der Waals surface area contributed by atoms with Gasteiger partial charge in [0.2, 0.25) is 0 Å². The fourth-order valence-electron chi connectivity index (χ4n) is 5.06. The summed E-state index contributed by atoms with van der Waals surface area (Å²) in [7, 11) is 0. The van der Waals surface area contributed by atoms with E-state index in [-0.39, 0.29) is 5.56 Å². The summed E-state index contributed by atoms with van der Waals surface area (Å²) in [6.45, 7) is 2.25. The molecule has 2 aliphatic carbocycles. The fourth-order valence-corrected chi connectivity index (χ4v) is 5.06. The standard InChI is InChI=1S/C27H30F4/c1-2-3-4-5-19-6-8-20(9-7-19)21-10-12-22(13-11-21)23-14-15-25-24(18-23)16-17-26(28,29)27(25,30)31/h10-20H,2-9H2,1H3. The van der Waals surface area contributed by atoms with E-state index in [9.17, 15) is 17.6 Å². The molecule has 0 atom stereocenters. The van der Waals surface area contributed by atoms with E-state index >= 15 is 0 Å². The lowest BCUT2D eigenvalue weighted by atomic mass is 9.77. The van der Waals surface area contributed by atoms with Crippen LogP contribution in [0.4, 0.5) is 17.6 Å². The van der Waals surface area contributed by atoms with Crippen LogP contribution in [-0.4, -0.2) is 5.92 Å². The Labute approximate surface area is 182 Å². The van der Waals surface area contributed by atoms with E-state index in [0.29, 0.717) is 12.0 Å². The first-order valence-corrected chi connectivity index (χ1v) is 11.5. The Morgan fingerprint density at radius 1 is 0.839 bits per heavy atom. The number of hydrogen-bond acceptors (Lipinski definition) is 0. The monoisotopic (exact) mass is 430 g/mol. The van der Waals surface area contributed by atoms with Crippen molar-refractivity contribution in [2.45, 2.75) is 76.1 Å². The molecule has 1 saturated carbocycles. The van der Waals surface area contributed by atoms with Gasteiger partial charge < -0.3 is 0 Å². The molecule has 31 heavy (non-hydrogen) atoms. The third-order valence-electron chi connectivity index (χ3n) is 7.06. The smallest absolute Gasteiger partial charge is 0.195 e. The molecule has 2 aliphatic rings. The highest BCUT2D eigenvalue weighted by Gasteiger charge is 2.57. The van der Waals surface area contributed by atoms with E-state index in [4.69, 9.17) is 0 Å². The molecule has 4 rings (SSSR count). The number of hydrogen-bond donors (Lipinski definition) is 0. The van der Waals surface area contributed by atoms with Crippen molar-refractivity contribution < 1.29 is 17.6 Å². The normalized spacial score (nSPS) is 24.0. The summed E-state index contributed by atoms with van der Waals surface area (Å²) < 4.78 is 55.3. The fraction of sp³-hybridized carbons (Fsp3) is 0.481. The summed E-state index contributed by atoms with van der Waals surface area (Å²) in [5.74, 6) is -6.88. The van der Waals surface area contributed by atoms with Crippen LogP contribution in [0.15, 0.2) is 48.5 Å². The van der Waals surface area contributed by atoms with Gasteiger partial charge in [0, 0.05) is 5.56 Å². The molecule has 4 heteroatoms. The molecule has 0 amide bonds. The van der Waals surface area contributed by atoms with Crippen LogP contribution < -0.4 is 0 Å². The van der Waals surface area contributed by atoms with Gasteiger partial charge in [0.25, 0.3) is 0 Å². The number of halogens is 4. The zero-order chi connectivity index (χ0) is 22.1. The number of alkyl halides is 4. The zero-order valence-electron chi connectivity index (χ0n) is 18.0. The molecular formula is C27H30F4. The van der Waals surface area contributed by atoms with Crippen LogP contribution in [0.3, 0.4) is 0 Å². The van der Waals surface area contributed by atoms with Gasteiger partial charge in [-0.05, 0) is 71.9 Å². The van der Waals surface area contributed by atoms with Crippen molar-refractivity contribution in [3.63, 3.8) is 0 Å². The molecule has 1 fully saturated rings. The first kappa shape index (κ1) is 22.1. The Morgan fingerprint density at radius 3 is 2.19 bits per heavy atom. The van der Waals surface area contributed by atoms with Crippen LogP contribution in [-0.2, 0) is 5.92 Å². The highest BCUT2D eigenvalue weighted by molar-refractivity contribution is 5.71. The van der Waals surface area contributed by atoms with E-state index < -0.39 is 17.4 Å². The Morgan fingerprint density at radius 2 is 1.52 bits per heavy atom. The van der Waals surface area contributed by atoms with Gasteiger partial charge in [0.15, 0.2) is 0 Å². The third-order valence-corrected chi connectivity index (χ3v) is 7.06. The molecule has 0 radical (unpaired) electrons. The summed E-state index contributed by atoms with van der Waals surface area (Å²) in [4.78, 5) is 0. The van der Waals surface area contributed by atoms with Crippen molar-refractivity contribution in [1.29, 1.82) is 0 Å². The van der Waals surface area contributed by atoms with Crippen LogP contribution in [0.2, 0.25) is 0 Å². The van der Waals surface area contributed by atoms with Crippen LogP contribution in [0.1, 0.15) is 80.9 Å². The maximum atomic E-state index is 14.1. The minimum Gasteiger partial charge on any atom is -0.195 e. The lowest BCUT2D eigenvalue weighted by molar-refractivity contribution is -0.187. The summed E-state index contributed by atoms with van der Waals surface area (Å²) in [5.41, 5.74) is 2.54. The van der Waals surface area contributed by atoms with E-state index in [2.05, 4.69) is 19.1 Å². The quantitative estimate of drug-likeness (QED) is 0.317. The summed E-state index contributed by atoms with van der Waals surface area (Å²) >= 11 is 0. The van der Waals surface area contributed by atoms with Gasteiger partial charge in [-0.25, -0.2) is 0 Å². The Kier molecular flexibility index (Phi) is 6.27. The highest BCUT2D eigenvalue weighted by Crippen LogP contribution is 2.49. The molecule has 0 nitrogen and oxygen atoms in total. The Hall–Kier alpha value is -2.10. The molecule has 0 heterocycles. The molecule has 166 valence electrons.